The third-order valence-electron chi connectivity index (χ3n) is 4.21. The molecule has 1 rings (SSSR count). The molecule has 0 saturated heterocycles. The van der Waals surface area contributed by atoms with E-state index in [4.69, 9.17) is 8.23 Å². The zero-order valence-corrected chi connectivity index (χ0v) is 22.6. The first-order chi connectivity index (χ1) is 10.3. The molecule has 0 aromatic carbocycles. The van der Waals surface area contributed by atoms with Crippen molar-refractivity contribution in [2.75, 3.05) is 0 Å². The van der Waals surface area contributed by atoms with Crippen LogP contribution in [-0.2, 0) is 8.23 Å². The normalized spacial score (nSPS) is 22.6. The quantitative estimate of drug-likeness (QED) is 0.461. The minimum absolute atomic E-state index is 0.306. The third kappa shape index (κ3) is 5.51. The van der Waals surface area contributed by atoms with Crippen molar-refractivity contribution in [3.8, 4) is 0 Å². The Hall–Kier alpha value is 0.528. The second-order valence-electron chi connectivity index (χ2n) is 11.7. The van der Waals surface area contributed by atoms with E-state index in [2.05, 4.69) is 86.6 Å². The zero-order valence-electron chi connectivity index (χ0n) is 18.6. The predicted octanol–water partition coefficient (Wildman–Crippen LogP) is 6.68. The van der Waals surface area contributed by atoms with E-state index in [1.165, 1.54) is 6.42 Å². The van der Waals surface area contributed by atoms with Gasteiger partial charge in [-0.15, -0.1) is 0 Å². The number of allylic oxidation sites excluding steroid dienone is 1. The monoisotopic (exact) mass is 402 g/mol. The third-order valence-corrected chi connectivity index (χ3v) is 19.4. The fourth-order valence-electron chi connectivity index (χ4n) is 4.02. The average molecular weight is 403 g/mol. The van der Waals surface area contributed by atoms with E-state index < -0.39 is 33.3 Å². The Labute approximate surface area is 155 Å². The molecule has 142 valence electrons. The molecule has 2 nitrogen and oxygen atoms in total. The molecule has 0 saturated carbocycles. The Morgan fingerprint density at radius 1 is 0.833 bits per heavy atom. The van der Waals surface area contributed by atoms with Crippen LogP contribution in [0.5, 0.6) is 0 Å². The van der Waals surface area contributed by atoms with Gasteiger partial charge in [-0.25, -0.2) is 0 Å². The van der Waals surface area contributed by atoms with Crippen LogP contribution in [0.15, 0.2) is 10.4 Å². The highest BCUT2D eigenvalue weighted by Crippen LogP contribution is 2.57. The van der Waals surface area contributed by atoms with Crippen LogP contribution >= 0.6 is 0 Å². The van der Waals surface area contributed by atoms with E-state index in [0.717, 1.165) is 0 Å². The van der Waals surface area contributed by atoms with E-state index in [-0.39, 0.29) is 0 Å². The van der Waals surface area contributed by atoms with E-state index in [9.17, 15) is 0 Å². The molecule has 1 aliphatic heterocycles. The van der Waals surface area contributed by atoms with Crippen LogP contribution in [0.2, 0.25) is 64.5 Å². The van der Waals surface area contributed by atoms with Crippen molar-refractivity contribution < 1.29 is 8.23 Å². The van der Waals surface area contributed by atoms with Crippen molar-refractivity contribution in [1.29, 1.82) is 0 Å². The molecule has 1 heterocycles. The van der Waals surface area contributed by atoms with Crippen molar-refractivity contribution in [2.24, 2.45) is 5.41 Å². The van der Waals surface area contributed by atoms with Gasteiger partial charge in [-0.3, -0.25) is 0 Å². The largest absolute Gasteiger partial charge is 0.433 e. The number of hydrogen-bond acceptors (Lipinski definition) is 2. The van der Waals surface area contributed by atoms with Gasteiger partial charge in [-0.1, -0.05) is 46.0 Å². The molecule has 0 amide bonds. The van der Waals surface area contributed by atoms with Gasteiger partial charge in [0.25, 0.3) is 0 Å². The van der Waals surface area contributed by atoms with Crippen molar-refractivity contribution in [2.45, 2.75) is 98.6 Å². The van der Waals surface area contributed by atoms with Gasteiger partial charge in [-0.2, -0.15) is 0 Å². The van der Waals surface area contributed by atoms with Crippen molar-refractivity contribution >= 4 is 33.3 Å². The molecule has 0 aromatic heterocycles. The van der Waals surface area contributed by atoms with Crippen LogP contribution in [0.4, 0.5) is 0 Å². The van der Waals surface area contributed by atoms with Crippen LogP contribution in [0.1, 0.15) is 34.1 Å². The first kappa shape index (κ1) is 22.6. The van der Waals surface area contributed by atoms with Gasteiger partial charge in [0.1, 0.15) is 0 Å². The highest BCUT2D eigenvalue weighted by atomic mass is 28.5. The Balaban J connectivity index is 3.52. The fourth-order valence-corrected chi connectivity index (χ4v) is 23.4. The van der Waals surface area contributed by atoms with Crippen molar-refractivity contribution in [1.82, 2.24) is 0 Å². The molecule has 1 unspecified atom stereocenters. The number of hydrogen-bond donors (Lipinski definition) is 0. The molecule has 0 aromatic rings. The standard InChI is InChI=1S/C18H42O2Si4/c1-15-16(14-18(2,3)4)24(19-22(8,9)10,20-23(11,12)13)17(15)21(5,6)7/h16H,14H2,1-13H3. The van der Waals surface area contributed by atoms with E-state index in [0.29, 0.717) is 11.0 Å². The molecular formula is C18H42O2Si4. The highest BCUT2D eigenvalue weighted by Gasteiger charge is 2.64. The first-order valence-corrected chi connectivity index (χ1v) is 21.6. The molecular weight excluding hydrogens is 361 g/mol. The number of rotatable bonds is 6. The Morgan fingerprint density at radius 2 is 1.21 bits per heavy atom. The van der Waals surface area contributed by atoms with E-state index in [1.54, 1.807) is 10.4 Å². The zero-order chi connectivity index (χ0) is 19.4. The SMILES string of the molecule is CC1=C([Si](C)(C)C)[Si](O[Si](C)(C)C)(O[Si](C)(C)C)C1CC(C)(C)C. The lowest BCUT2D eigenvalue weighted by molar-refractivity contribution is 0.308. The maximum absolute atomic E-state index is 7.07. The molecule has 0 spiro atoms. The molecule has 0 fully saturated rings. The van der Waals surface area contributed by atoms with Crippen LogP contribution in [0, 0.1) is 5.41 Å². The van der Waals surface area contributed by atoms with Gasteiger partial charge in [0.05, 0.1) is 8.07 Å². The predicted molar refractivity (Wildman–Crippen MR) is 118 cm³/mol. The maximum atomic E-state index is 7.07. The second-order valence-corrected chi connectivity index (χ2v) is 29.8. The van der Waals surface area contributed by atoms with E-state index >= 15 is 0 Å². The van der Waals surface area contributed by atoms with Crippen LogP contribution in [0.3, 0.4) is 0 Å². The smallest absolute Gasteiger partial charge is 0.351 e. The summed E-state index contributed by atoms with van der Waals surface area (Å²) in [6.45, 7) is 30.9. The average Bonchev–Trinajstić information content (AvgIpc) is 2.17. The summed E-state index contributed by atoms with van der Waals surface area (Å²) >= 11 is 0. The summed E-state index contributed by atoms with van der Waals surface area (Å²) < 4.78 is 14.1. The lowest BCUT2D eigenvalue weighted by Crippen LogP contribution is -2.68. The minimum Gasteiger partial charge on any atom is -0.433 e. The maximum Gasteiger partial charge on any atom is 0.351 e. The van der Waals surface area contributed by atoms with Crippen molar-refractivity contribution in [3.05, 3.63) is 10.4 Å². The van der Waals surface area contributed by atoms with Crippen molar-refractivity contribution in [3.63, 3.8) is 0 Å². The van der Waals surface area contributed by atoms with Gasteiger partial charge in [0.2, 0.25) is 0 Å². The molecule has 24 heavy (non-hydrogen) atoms. The van der Waals surface area contributed by atoms with Gasteiger partial charge in [0, 0.05) is 5.54 Å². The molecule has 1 atom stereocenters. The van der Waals surface area contributed by atoms with E-state index in [1.807, 2.05) is 0 Å². The molecule has 6 heteroatoms. The topological polar surface area (TPSA) is 18.5 Å². The molecule has 0 bridgehead atoms. The minimum atomic E-state index is -2.32. The lowest BCUT2D eigenvalue weighted by Gasteiger charge is -2.57. The molecule has 0 aliphatic carbocycles. The highest BCUT2D eigenvalue weighted by molar-refractivity contribution is 7.08. The summed E-state index contributed by atoms with van der Waals surface area (Å²) in [5.41, 5.74) is 2.46. The van der Waals surface area contributed by atoms with Crippen LogP contribution < -0.4 is 0 Å². The Morgan fingerprint density at radius 3 is 1.46 bits per heavy atom. The molecule has 0 N–H and O–H groups in total. The molecule has 0 radical (unpaired) electrons. The van der Waals surface area contributed by atoms with Gasteiger partial charge in [-0.05, 0) is 62.9 Å². The summed E-state index contributed by atoms with van der Waals surface area (Å²) in [4.78, 5) is 1.68. The summed E-state index contributed by atoms with van der Waals surface area (Å²) in [5.74, 6) is 0. The summed E-state index contributed by atoms with van der Waals surface area (Å²) in [5, 5.41) is 0. The summed E-state index contributed by atoms with van der Waals surface area (Å²) in [7, 11) is -7.13. The van der Waals surface area contributed by atoms with Gasteiger partial charge < -0.3 is 8.23 Å². The lowest BCUT2D eigenvalue weighted by atomic mass is 9.88. The first-order valence-electron chi connectivity index (χ1n) is 9.41. The summed E-state index contributed by atoms with van der Waals surface area (Å²) in [6, 6.07) is 0. The molecule has 1 aliphatic rings. The second kappa shape index (κ2) is 6.60. The van der Waals surface area contributed by atoms with Gasteiger partial charge in [0.15, 0.2) is 16.6 Å². The van der Waals surface area contributed by atoms with Gasteiger partial charge >= 0.3 is 8.56 Å². The van der Waals surface area contributed by atoms with Crippen LogP contribution in [-0.4, -0.2) is 33.3 Å². The Kier molecular flexibility index (Phi) is 6.21. The fraction of sp³-hybridized carbons (Fsp3) is 0.889. The Bertz CT molecular complexity index is 483. The summed E-state index contributed by atoms with van der Waals surface area (Å²) in [6.07, 6.45) is 1.19. The van der Waals surface area contributed by atoms with Crippen LogP contribution in [0.25, 0.3) is 0 Å².